The molecule has 0 unspecified atom stereocenters. The third-order valence-electron chi connectivity index (χ3n) is 3.35. The molecule has 1 aromatic carbocycles. The zero-order valence-corrected chi connectivity index (χ0v) is 14.6. The molecule has 1 aromatic rings. The highest BCUT2D eigenvalue weighted by atomic mass is 35.5. The molecule has 21 heavy (non-hydrogen) atoms. The number of hydrogen-bond acceptors (Lipinski definition) is 4. The molecule has 0 radical (unpaired) electrons. The summed E-state index contributed by atoms with van der Waals surface area (Å²) in [6.07, 6.45) is 0.773. The number of nitrogens with two attached hydrogens (primary N) is 1. The lowest BCUT2D eigenvalue weighted by Gasteiger charge is -2.23. The molecule has 0 heterocycles. The lowest BCUT2D eigenvalue weighted by Crippen LogP contribution is -2.33. The Morgan fingerprint density at radius 1 is 1.24 bits per heavy atom. The molecule has 7 heteroatoms. The predicted molar refractivity (Wildman–Crippen MR) is 88.2 cm³/mol. The summed E-state index contributed by atoms with van der Waals surface area (Å²) in [5, 5.41) is 0.334. The molecular weight excluding hydrogens is 310 g/mol. The van der Waals surface area contributed by atoms with E-state index in [4.69, 9.17) is 17.3 Å². The van der Waals surface area contributed by atoms with Crippen molar-refractivity contribution in [3.05, 3.63) is 22.7 Å². The van der Waals surface area contributed by atoms with Crippen LogP contribution in [0.15, 0.2) is 17.0 Å². The van der Waals surface area contributed by atoms with E-state index in [-0.39, 0.29) is 4.90 Å². The molecule has 5 nitrogen and oxygen atoms in total. The molecule has 0 atom stereocenters. The Bertz CT molecular complexity index is 588. The molecule has 0 aliphatic carbocycles. The first-order valence-corrected chi connectivity index (χ1v) is 8.72. The summed E-state index contributed by atoms with van der Waals surface area (Å²) in [6.45, 7) is 5.26. The fraction of sp³-hybridized carbons (Fsp3) is 0.571. The summed E-state index contributed by atoms with van der Waals surface area (Å²) in [4.78, 5) is 2.22. The lowest BCUT2D eigenvalue weighted by molar-refractivity contribution is 0.356. The standard InChI is InChI=1S/C14H24ClN3O2S/c1-5-18(8-6-7-17(3)4)21(19,20)14-10-12(15)9-13(16)11(14)2/h9-10H,5-8,16H2,1-4H3. The lowest BCUT2D eigenvalue weighted by atomic mass is 10.2. The Labute approximate surface area is 132 Å². The summed E-state index contributed by atoms with van der Waals surface area (Å²) in [7, 11) is 0.355. The van der Waals surface area contributed by atoms with Crippen molar-refractivity contribution in [3.63, 3.8) is 0 Å². The van der Waals surface area contributed by atoms with Crippen LogP contribution < -0.4 is 5.73 Å². The highest BCUT2D eigenvalue weighted by molar-refractivity contribution is 7.89. The largest absolute Gasteiger partial charge is 0.398 e. The van der Waals surface area contributed by atoms with Gasteiger partial charge in [0.15, 0.2) is 0 Å². The smallest absolute Gasteiger partial charge is 0.243 e. The predicted octanol–water partition coefficient (Wildman–Crippen LogP) is 2.19. The van der Waals surface area contributed by atoms with Gasteiger partial charge in [0.25, 0.3) is 0 Å². The van der Waals surface area contributed by atoms with E-state index in [1.54, 1.807) is 13.0 Å². The Kier molecular flexibility index (Phi) is 6.46. The van der Waals surface area contributed by atoms with Crippen molar-refractivity contribution < 1.29 is 8.42 Å². The van der Waals surface area contributed by atoms with Crippen LogP contribution in [-0.2, 0) is 10.0 Å². The van der Waals surface area contributed by atoms with Crippen molar-refractivity contribution >= 4 is 27.3 Å². The minimum atomic E-state index is -3.57. The molecule has 0 aromatic heterocycles. The SMILES string of the molecule is CCN(CCCN(C)C)S(=O)(=O)c1cc(Cl)cc(N)c1C. The van der Waals surface area contributed by atoms with Gasteiger partial charge in [-0.05, 0) is 51.7 Å². The topological polar surface area (TPSA) is 66.6 Å². The molecule has 0 aliphatic heterocycles. The number of nitrogen functional groups attached to an aromatic ring is 1. The summed E-state index contributed by atoms with van der Waals surface area (Å²) < 4.78 is 27.0. The third kappa shape index (κ3) is 4.57. The molecular formula is C14H24ClN3O2S. The number of anilines is 1. The quantitative estimate of drug-likeness (QED) is 0.777. The van der Waals surface area contributed by atoms with Crippen molar-refractivity contribution in [3.8, 4) is 0 Å². The van der Waals surface area contributed by atoms with E-state index < -0.39 is 10.0 Å². The molecule has 0 saturated carbocycles. The molecule has 1 rings (SSSR count). The van der Waals surface area contributed by atoms with Gasteiger partial charge < -0.3 is 10.6 Å². The zero-order chi connectivity index (χ0) is 16.2. The van der Waals surface area contributed by atoms with Gasteiger partial charge in [-0.15, -0.1) is 0 Å². The summed E-state index contributed by atoms with van der Waals surface area (Å²) in [5.41, 5.74) is 6.77. The molecule has 0 saturated heterocycles. The number of sulfonamides is 1. The number of halogens is 1. The van der Waals surface area contributed by atoms with Gasteiger partial charge in [-0.1, -0.05) is 18.5 Å². The second-order valence-electron chi connectivity index (χ2n) is 5.27. The fourth-order valence-electron chi connectivity index (χ4n) is 2.09. The van der Waals surface area contributed by atoms with Crippen molar-refractivity contribution in [2.24, 2.45) is 0 Å². The van der Waals surface area contributed by atoms with E-state index in [1.165, 1.54) is 10.4 Å². The Morgan fingerprint density at radius 2 is 1.86 bits per heavy atom. The van der Waals surface area contributed by atoms with E-state index >= 15 is 0 Å². The summed E-state index contributed by atoms with van der Waals surface area (Å²) in [5.74, 6) is 0. The maximum Gasteiger partial charge on any atom is 0.243 e. The second-order valence-corrected chi connectivity index (χ2v) is 7.61. The van der Waals surface area contributed by atoms with E-state index in [9.17, 15) is 8.42 Å². The molecule has 0 amide bonds. The Balaban J connectivity index is 3.08. The van der Waals surface area contributed by atoms with Crippen molar-refractivity contribution in [2.45, 2.75) is 25.2 Å². The second kappa shape index (κ2) is 7.45. The van der Waals surface area contributed by atoms with Crippen molar-refractivity contribution in [1.82, 2.24) is 9.21 Å². The van der Waals surface area contributed by atoms with Crippen LogP contribution in [0, 0.1) is 6.92 Å². The minimum absolute atomic E-state index is 0.194. The van der Waals surface area contributed by atoms with Crippen LogP contribution in [0.5, 0.6) is 0 Å². The van der Waals surface area contributed by atoms with Crippen LogP contribution in [0.4, 0.5) is 5.69 Å². The van der Waals surface area contributed by atoms with Gasteiger partial charge in [-0.2, -0.15) is 4.31 Å². The first kappa shape index (κ1) is 18.2. The van der Waals surface area contributed by atoms with Gasteiger partial charge in [0.1, 0.15) is 0 Å². The van der Waals surface area contributed by atoms with Crippen LogP contribution >= 0.6 is 11.6 Å². The average molecular weight is 334 g/mol. The van der Waals surface area contributed by atoms with Crippen LogP contribution in [0.1, 0.15) is 18.9 Å². The summed E-state index contributed by atoms with van der Waals surface area (Å²) in [6, 6.07) is 3.04. The molecule has 0 spiro atoms. The van der Waals surface area contributed by atoms with Crippen LogP contribution in [0.2, 0.25) is 5.02 Å². The van der Waals surface area contributed by atoms with E-state index in [2.05, 4.69) is 0 Å². The molecule has 120 valence electrons. The fourth-order valence-corrected chi connectivity index (χ4v) is 4.15. The number of hydrogen-bond donors (Lipinski definition) is 1. The number of benzene rings is 1. The van der Waals surface area contributed by atoms with Crippen LogP contribution in [0.25, 0.3) is 0 Å². The zero-order valence-electron chi connectivity index (χ0n) is 13.1. The molecule has 0 fully saturated rings. The van der Waals surface area contributed by atoms with Crippen molar-refractivity contribution in [1.29, 1.82) is 0 Å². The van der Waals surface area contributed by atoms with E-state index in [0.29, 0.717) is 29.4 Å². The van der Waals surface area contributed by atoms with E-state index in [1.807, 2.05) is 25.9 Å². The highest BCUT2D eigenvalue weighted by Crippen LogP contribution is 2.28. The molecule has 2 N–H and O–H groups in total. The first-order chi connectivity index (χ1) is 9.70. The number of nitrogens with zero attached hydrogens (tertiary/aromatic N) is 2. The van der Waals surface area contributed by atoms with Gasteiger partial charge in [0.05, 0.1) is 4.90 Å². The van der Waals surface area contributed by atoms with Gasteiger partial charge >= 0.3 is 0 Å². The molecule has 0 bridgehead atoms. The maximum atomic E-state index is 12.8. The minimum Gasteiger partial charge on any atom is -0.398 e. The molecule has 0 aliphatic rings. The van der Waals surface area contributed by atoms with Gasteiger partial charge in [0, 0.05) is 23.8 Å². The van der Waals surface area contributed by atoms with Gasteiger partial charge in [0.2, 0.25) is 10.0 Å². The van der Waals surface area contributed by atoms with Gasteiger partial charge in [-0.25, -0.2) is 8.42 Å². The maximum absolute atomic E-state index is 12.8. The van der Waals surface area contributed by atoms with Gasteiger partial charge in [-0.3, -0.25) is 0 Å². The van der Waals surface area contributed by atoms with Crippen molar-refractivity contribution in [2.75, 3.05) is 39.5 Å². The highest BCUT2D eigenvalue weighted by Gasteiger charge is 2.25. The average Bonchev–Trinajstić information content (AvgIpc) is 2.38. The van der Waals surface area contributed by atoms with E-state index in [0.717, 1.165) is 13.0 Å². The normalized spacial score (nSPS) is 12.3. The number of rotatable bonds is 7. The third-order valence-corrected chi connectivity index (χ3v) is 5.67. The summed E-state index contributed by atoms with van der Waals surface area (Å²) >= 11 is 5.95. The van der Waals surface area contributed by atoms with Crippen LogP contribution in [-0.4, -0.2) is 51.4 Å². The van der Waals surface area contributed by atoms with Crippen LogP contribution in [0.3, 0.4) is 0 Å². The Morgan fingerprint density at radius 3 is 2.38 bits per heavy atom. The Hall–Kier alpha value is -0.820. The monoisotopic (exact) mass is 333 g/mol. The first-order valence-electron chi connectivity index (χ1n) is 6.90.